The first-order valence-electron chi connectivity index (χ1n) is 29.5. The van der Waals surface area contributed by atoms with Crippen LogP contribution in [0.3, 0.4) is 0 Å². The highest BCUT2D eigenvalue weighted by Crippen LogP contribution is 2.18. The van der Waals surface area contributed by atoms with Gasteiger partial charge in [0.05, 0.1) is 0 Å². The van der Waals surface area contributed by atoms with Gasteiger partial charge in [0.25, 0.3) is 0 Å². The minimum Gasteiger partial charge on any atom is -0.462 e. The fourth-order valence-electron chi connectivity index (χ4n) is 9.15. The zero-order chi connectivity index (χ0) is 47.2. The zero-order valence-electron chi connectivity index (χ0n) is 44.3. The van der Waals surface area contributed by atoms with Gasteiger partial charge in [0.2, 0.25) is 0 Å². The summed E-state index contributed by atoms with van der Waals surface area (Å²) in [5.41, 5.74) is 0. The Morgan fingerprint density at radius 1 is 0.246 bits per heavy atom. The van der Waals surface area contributed by atoms with Crippen molar-refractivity contribution in [2.45, 2.75) is 348 Å². The maximum absolute atomic E-state index is 12.8. The topological polar surface area (TPSA) is 78.9 Å². The number of unbranched alkanes of at least 4 members (excludes halogenated alkanes) is 44. The molecular formula is C59H114O6. The van der Waals surface area contributed by atoms with Crippen molar-refractivity contribution < 1.29 is 28.6 Å². The Bertz CT molecular complexity index is 967. The van der Waals surface area contributed by atoms with E-state index < -0.39 is 6.10 Å². The Labute approximate surface area is 406 Å². The number of ether oxygens (including phenoxy) is 3. The van der Waals surface area contributed by atoms with Crippen LogP contribution in [0.15, 0.2) is 0 Å². The van der Waals surface area contributed by atoms with Gasteiger partial charge in [0.15, 0.2) is 6.10 Å². The van der Waals surface area contributed by atoms with Gasteiger partial charge in [0.1, 0.15) is 13.2 Å². The summed E-state index contributed by atoms with van der Waals surface area (Å²) in [6, 6.07) is 0. The van der Waals surface area contributed by atoms with E-state index in [9.17, 15) is 14.4 Å². The molecule has 0 spiro atoms. The van der Waals surface area contributed by atoms with E-state index in [-0.39, 0.29) is 31.1 Å². The number of carbonyl (C=O) groups is 3. The molecule has 0 aliphatic carbocycles. The summed E-state index contributed by atoms with van der Waals surface area (Å²) in [7, 11) is 0. The van der Waals surface area contributed by atoms with Crippen LogP contribution < -0.4 is 0 Å². The van der Waals surface area contributed by atoms with Crippen LogP contribution in [0.25, 0.3) is 0 Å². The van der Waals surface area contributed by atoms with Crippen LogP contribution in [0.4, 0.5) is 0 Å². The molecule has 0 heterocycles. The predicted molar refractivity (Wildman–Crippen MR) is 280 cm³/mol. The van der Waals surface area contributed by atoms with Crippen molar-refractivity contribution in [1.82, 2.24) is 0 Å². The Kier molecular flexibility index (Phi) is 53.7. The third-order valence-corrected chi connectivity index (χ3v) is 13.6. The second-order valence-corrected chi connectivity index (χ2v) is 20.3. The SMILES string of the molecule is CCCCCCCCCCCCCCCCCCCCCC(=O)OCC(COC(=O)CCCCCCCCCCCCCCC)OC(=O)CCCCCCCCCCCCCCCCC. The van der Waals surface area contributed by atoms with Crippen LogP contribution in [0.2, 0.25) is 0 Å². The smallest absolute Gasteiger partial charge is 0.306 e. The lowest BCUT2D eigenvalue weighted by molar-refractivity contribution is -0.167. The summed E-state index contributed by atoms with van der Waals surface area (Å²) < 4.78 is 16.9. The highest BCUT2D eigenvalue weighted by atomic mass is 16.6. The van der Waals surface area contributed by atoms with E-state index in [0.717, 1.165) is 57.8 Å². The highest BCUT2D eigenvalue weighted by molar-refractivity contribution is 5.71. The largest absolute Gasteiger partial charge is 0.462 e. The molecule has 1 unspecified atom stereocenters. The van der Waals surface area contributed by atoms with Crippen LogP contribution >= 0.6 is 0 Å². The van der Waals surface area contributed by atoms with Gasteiger partial charge < -0.3 is 14.2 Å². The molecular weight excluding hydrogens is 805 g/mol. The van der Waals surface area contributed by atoms with E-state index in [1.165, 1.54) is 244 Å². The van der Waals surface area contributed by atoms with Gasteiger partial charge in [-0.2, -0.15) is 0 Å². The first-order valence-corrected chi connectivity index (χ1v) is 29.5. The van der Waals surface area contributed by atoms with Crippen LogP contribution in [0.5, 0.6) is 0 Å². The molecule has 0 amide bonds. The van der Waals surface area contributed by atoms with E-state index in [2.05, 4.69) is 20.8 Å². The summed E-state index contributed by atoms with van der Waals surface area (Å²) in [4.78, 5) is 38.1. The van der Waals surface area contributed by atoms with Crippen molar-refractivity contribution in [1.29, 1.82) is 0 Å². The monoisotopic (exact) mass is 919 g/mol. The van der Waals surface area contributed by atoms with Gasteiger partial charge in [-0.1, -0.05) is 303 Å². The normalized spacial score (nSPS) is 11.9. The van der Waals surface area contributed by atoms with E-state index >= 15 is 0 Å². The van der Waals surface area contributed by atoms with Crippen molar-refractivity contribution in [3.05, 3.63) is 0 Å². The average Bonchev–Trinajstić information content (AvgIpc) is 3.30. The fourth-order valence-corrected chi connectivity index (χ4v) is 9.15. The maximum atomic E-state index is 12.8. The molecule has 0 saturated carbocycles. The standard InChI is InChI=1S/C59H114O6/c1-4-7-10-13-16-19-22-25-27-28-29-30-32-34-37-40-43-46-49-52-58(61)64-55-56(54-63-57(60)51-48-45-42-39-36-33-24-21-18-15-12-9-6-3)65-59(62)53-50-47-44-41-38-35-31-26-23-20-17-14-11-8-5-2/h56H,4-55H2,1-3H3. The van der Waals surface area contributed by atoms with Gasteiger partial charge in [-0.3, -0.25) is 14.4 Å². The number of rotatable bonds is 55. The molecule has 6 heteroatoms. The van der Waals surface area contributed by atoms with Crippen LogP contribution in [0.1, 0.15) is 342 Å². The molecule has 0 fully saturated rings. The first kappa shape index (κ1) is 63.4. The van der Waals surface area contributed by atoms with E-state index in [4.69, 9.17) is 14.2 Å². The predicted octanol–water partition coefficient (Wildman–Crippen LogP) is 19.5. The molecule has 0 aromatic rings. The average molecular weight is 920 g/mol. The zero-order valence-corrected chi connectivity index (χ0v) is 44.3. The number of carbonyl (C=O) groups excluding carboxylic acids is 3. The lowest BCUT2D eigenvalue weighted by Crippen LogP contribution is -2.30. The Balaban J connectivity index is 4.26. The number of hydrogen-bond acceptors (Lipinski definition) is 6. The van der Waals surface area contributed by atoms with Crippen LogP contribution in [0, 0.1) is 0 Å². The minimum atomic E-state index is -0.761. The Morgan fingerprint density at radius 2 is 0.415 bits per heavy atom. The second-order valence-electron chi connectivity index (χ2n) is 20.3. The maximum Gasteiger partial charge on any atom is 0.306 e. The highest BCUT2D eigenvalue weighted by Gasteiger charge is 2.19. The molecule has 65 heavy (non-hydrogen) atoms. The molecule has 0 aliphatic rings. The summed E-state index contributed by atoms with van der Waals surface area (Å²) >= 11 is 0. The summed E-state index contributed by atoms with van der Waals surface area (Å²) in [5, 5.41) is 0. The fraction of sp³-hybridized carbons (Fsp3) is 0.949. The lowest BCUT2D eigenvalue weighted by atomic mass is 10.0. The second kappa shape index (κ2) is 55.0. The number of esters is 3. The van der Waals surface area contributed by atoms with Gasteiger partial charge in [-0.05, 0) is 19.3 Å². The molecule has 0 radical (unpaired) electrons. The van der Waals surface area contributed by atoms with Crippen molar-refractivity contribution in [2.24, 2.45) is 0 Å². The lowest BCUT2D eigenvalue weighted by Gasteiger charge is -2.18. The molecule has 0 bridgehead atoms. The molecule has 0 aromatic carbocycles. The quantitative estimate of drug-likeness (QED) is 0.0344. The number of hydrogen-bond donors (Lipinski definition) is 0. The molecule has 0 saturated heterocycles. The van der Waals surface area contributed by atoms with Crippen molar-refractivity contribution >= 4 is 17.9 Å². The van der Waals surface area contributed by atoms with E-state index in [1.807, 2.05) is 0 Å². The van der Waals surface area contributed by atoms with Crippen LogP contribution in [-0.4, -0.2) is 37.2 Å². The Morgan fingerprint density at radius 3 is 0.615 bits per heavy atom. The van der Waals surface area contributed by atoms with Gasteiger partial charge in [-0.25, -0.2) is 0 Å². The van der Waals surface area contributed by atoms with Crippen molar-refractivity contribution in [3.8, 4) is 0 Å². The van der Waals surface area contributed by atoms with Gasteiger partial charge in [0, 0.05) is 19.3 Å². The molecule has 386 valence electrons. The third kappa shape index (κ3) is 53.2. The molecule has 0 rings (SSSR count). The van der Waals surface area contributed by atoms with Gasteiger partial charge >= 0.3 is 17.9 Å². The summed E-state index contributed by atoms with van der Waals surface area (Å²) in [6.07, 6.45) is 60.9. The van der Waals surface area contributed by atoms with Crippen LogP contribution in [-0.2, 0) is 28.6 Å². The third-order valence-electron chi connectivity index (χ3n) is 13.6. The molecule has 0 aromatic heterocycles. The van der Waals surface area contributed by atoms with Crippen molar-refractivity contribution in [3.63, 3.8) is 0 Å². The summed E-state index contributed by atoms with van der Waals surface area (Å²) in [5.74, 6) is -0.831. The molecule has 0 N–H and O–H groups in total. The van der Waals surface area contributed by atoms with E-state index in [1.54, 1.807) is 0 Å². The molecule has 0 aliphatic heterocycles. The minimum absolute atomic E-state index is 0.0609. The first-order chi connectivity index (χ1) is 32.0. The molecule has 1 atom stereocenters. The Hall–Kier alpha value is -1.59. The summed E-state index contributed by atoms with van der Waals surface area (Å²) in [6.45, 7) is 6.71. The van der Waals surface area contributed by atoms with Crippen molar-refractivity contribution in [2.75, 3.05) is 13.2 Å². The van der Waals surface area contributed by atoms with E-state index in [0.29, 0.717) is 19.3 Å². The molecule has 6 nitrogen and oxygen atoms in total. The van der Waals surface area contributed by atoms with Gasteiger partial charge in [-0.15, -0.1) is 0 Å².